The van der Waals surface area contributed by atoms with Crippen LogP contribution >= 0.6 is 0 Å². The van der Waals surface area contributed by atoms with E-state index >= 15 is 0 Å². The van der Waals surface area contributed by atoms with E-state index in [4.69, 9.17) is 13.7 Å². The second-order valence-electron chi connectivity index (χ2n) is 3.93. The number of hydrogen-bond donors (Lipinski definition) is 0. The molecule has 0 aromatic rings. The Morgan fingerprint density at radius 2 is 1.63 bits per heavy atom. The van der Waals surface area contributed by atoms with Crippen LogP contribution in [-0.2, 0) is 38.1 Å². The Bertz CT molecular complexity index is 441. The number of ether oxygens (including phenoxy) is 2. The van der Waals surface area contributed by atoms with Gasteiger partial charge in [0.15, 0.2) is 0 Å². The summed E-state index contributed by atoms with van der Waals surface area (Å²) in [4.78, 5) is 0. The van der Waals surface area contributed by atoms with E-state index in [1.54, 1.807) is 0 Å². The van der Waals surface area contributed by atoms with Gasteiger partial charge in [0.2, 0.25) is 0 Å². The van der Waals surface area contributed by atoms with Crippen molar-refractivity contribution in [2.75, 3.05) is 33.0 Å². The average Bonchev–Trinajstić information content (AvgIpc) is 2.18. The van der Waals surface area contributed by atoms with Gasteiger partial charge in [-0.25, -0.2) is 0 Å². The highest BCUT2D eigenvalue weighted by Crippen LogP contribution is 2.11. The third kappa shape index (κ3) is 11.3. The molecule has 0 heterocycles. The molecule has 0 amide bonds. The predicted molar refractivity (Wildman–Crippen MR) is 67.6 cm³/mol. The van der Waals surface area contributed by atoms with Crippen molar-refractivity contribution in [3.8, 4) is 0 Å². The summed E-state index contributed by atoms with van der Waals surface area (Å²) in [5.74, 6) is 0. The van der Waals surface area contributed by atoms with Crippen molar-refractivity contribution in [2.45, 2.75) is 25.6 Å². The Balaban J connectivity index is 4.44. The van der Waals surface area contributed by atoms with E-state index in [1.165, 1.54) is 14.0 Å². The van der Waals surface area contributed by atoms with Gasteiger partial charge in [0.05, 0.1) is 25.2 Å². The number of methoxy groups -OCH3 is 1. The zero-order valence-electron chi connectivity index (χ0n) is 11.4. The van der Waals surface area contributed by atoms with Gasteiger partial charge in [-0.1, -0.05) is 0 Å². The molecule has 8 nitrogen and oxygen atoms in total. The molecule has 2 atom stereocenters. The highest BCUT2D eigenvalue weighted by molar-refractivity contribution is 7.86. The SMILES string of the molecule is COCO[C@H](CCOS(C)(=O)=O)[C@H](C)OS(C)(=O)=O. The monoisotopic (exact) mass is 320 g/mol. The van der Waals surface area contributed by atoms with Gasteiger partial charge in [0, 0.05) is 13.5 Å². The molecule has 0 bridgehead atoms. The largest absolute Gasteiger partial charge is 0.359 e. The molecule has 0 aromatic heterocycles. The van der Waals surface area contributed by atoms with Gasteiger partial charge in [-0.3, -0.25) is 8.37 Å². The lowest BCUT2D eigenvalue weighted by Crippen LogP contribution is -2.33. The highest BCUT2D eigenvalue weighted by atomic mass is 32.2. The van der Waals surface area contributed by atoms with E-state index in [0.29, 0.717) is 0 Å². The lowest BCUT2D eigenvalue weighted by Gasteiger charge is -2.22. The molecule has 0 saturated heterocycles. The molecule has 0 aliphatic rings. The Hall–Kier alpha value is -0.260. The summed E-state index contributed by atoms with van der Waals surface area (Å²) >= 11 is 0. The molecule has 0 saturated carbocycles. The first kappa shape index (κ1) is 18.7. The second-order valence-corrected chi connectivity index (χ2v) is 7.18. The standard InChI is InChI=1S/C9H20O8S2/c1-8(17-19(4,12)13)9(15-7-14-2)5-6-16-18(3,10)11/h8-9H,5-7H2,1-4H3/t8-,9+/m0/s1. The Labute approximate surface area is 114 Å². The van der Waals surface area contributed by atoms with Crippen LogP contribution in [0.4, 0.5) is 0 Å². The van der Waals surface area contributed by atoms with E-state index in [0.717, 1.165) is 12.5 Å². The van der Waals surface area contributed by atoms with Crippen molar-refractivity contribution in [2.24, 2.45) is 0 Å². The maximum Gasteiger partial charge on any atom is 0.264 e. The number of rotatable bonds is 10. The molecule has 0 rings (SSSR count). The zero-order chi connectivity index (χ0) is 15.1. The van der Waals surface area contributed by atoms with Crippen LogP contribution in [0.5, 0.6) is 0 Å². The highest BCUT2D eigenvalue weighted by Gasteiger charge is 2.23. The van der Waals surface area contributed by atoms with Crippen molar-refractivity contribution in [3.05, 3.63) is 0 Å². The van der Waals surface area contributed by atoms with Crippen LogP contribution in [0.25, 0.3) is 0 Å². The first-order valence-corrected chi connectivity index (χ1v) is 9.01. The van der Waals surface area contributed by atoms with Gasteiger partial charge in [-0.05, 0) is 6.92 Å². The normalized spacial score (nSPS) is 16.2. The summed E-state index contributed by atoms with van der Waals surface area (Å²) in [6.45, 7) is 1.30. The third-order valence-electron chi connectivity index (χ3n) is 1.95. The predicted octanol–water partition coefficient (Wildman–Crippen LogP) is -0.293. The van der Waals surface area contributed by atoms with Crippen molar-refractivity contribution in [3.63, 3.8) is 0 Å². The first-order valence-electron chi connectivity index (χ1n) is 5.38. The van der Waals surface area contributed by atoms with Crippen LogP contribution in [0.15, 0.2) is 0 Å². The van der Waals surface area contributed by atoms with Gasteiger partial charge in [0.25, 0.3) is 20.2 Å². The molecule has 0 aliphatic heterocycles. The summed E-state index contributed by atoms with van der Waals surface area (Å²) < 4.78 is 62.9. The summed E-state index contributed by atoms with van der Waals surface area (Å²) in [6.07, 6.45) is 0.538. The quantitative estimate of drug-likeness (QED) is 0.399. The molecule has 0 aromatic carbocycles. The molecule has 0 spiro atoms. The minimum absolute atomic E-state index is 0.0684. The van der Waals surface area contributed by atoms with Gasteiger partial charge in [0.1, 0.15) is 12.9 Å². The van der Waals surface area contributed by atoms with Crippen LogP contribution in [-0.4, -0.2) is 62.1 Å². The molecule has 116 valence electrons. The van der Waals surface area contributed by atoms with Crippen LogP contribution in [0, 0.1) is 0 Å². The Morgan fingerprint density at radius 3 is 2.05 bits per heavy atom. The molecule has 0 N–H and O–H groups in total. The lowest BCUT2D eigenvalue weighted by molar-refractivity contribution is -0.106. The maximum absolute atomic E-state index is 11.0. The van der Waals surface area contributed by atoms with Gasteiger partial charge < -0.3 is 9.47 Å². The third-order valence-corrected chi connectivity index (χ3v) is 3.20. The van der Waals surface area contributed by atoms with Crippen LogP contribution in [0.1, 0.15) is 13.3 Å². The first-order chi connectivity index (χ1) is 8.55. The fourth-order valence-electron chi connectivity index (χ4n) is 1.26. The van der Waals surface area contributed by atoms with E-state index in [2.05, 4.69) is 4.18 Å². The van der Waals surface area contributed by atoms with Gasteiger partial charge in [-0.15, -0.1) is 0 Å². The van der Waals surface area contributed by atoms with Crippen LogP contribution in [0.2, 0.25) is 0 Å². The Kier molecular flexibility index (Phi) is 8.01. The van der Waals surface area contributed by atoms with Gasteiger partial charge >= 0.3 is 0 Å². The van der Waals surface area contributed by atoms with Crippen molar-refractivity contribution in [1.29, 1.82) is 0 Å². The summed E-state index contributed by atoms with van der Waals surface area (Å²) in [5.41, 5.74) is 0. The maximum atomic E-state index is 11.0. The fourth-order valence-corrected chi connectivity index (χ4v) is 2.34. The summed E-state index contributed by atoms with van der Waals surface area (Å²) in [5, 5.41) is 0. The second kappa shape index (κ2) is 8.12. The minimum Gasteiger partial charge on any atom is -0.359 e. The molecule has 0 radical (unpaired) electrons. The zero-order valence-corrected chi connectivity index (χ0v) is 13.0. The summed E-state index contributed by atoms with van der Waals surface area (Å²) in [6, 6.07) is 0. The van der Waals surface area contributed by atoms with Crippen molar-refractivity contribution in [1.82, 2.24) is 0 Å². The lowest BCUT2D eigenvalue weighted by atomic mass is 10.2. The molecule has 10 heteroatoms. The average molecular weight is 320 g/mol. The van der Waals surface area contributed by atoms with Crippen LogP contribution in [0.3, 0.4) is 0 Å². The molecular formula is C9H20O8S2. The van der Waals surface area contributed by atoms with E-state index < -0.39 is 32.4 Å². The molecule has 0 fully saturated rings. The van der Waals surface area contributed by atoms with E-state index in [1.807, 2.05) is 0 Å². The van der Waals surface area contributed by atoms with E-state index in [9.17, 15) is 16.8 Å². The minimum atomic E-state index is -3.63. The van der Waals surface area contributed by atoms with Crippen molar-refractivity contribution >= 4 is 20.2 Å². The van der Waals surface area contributed by atoms with Crippen molar-refractivity contribution < 1.29 is 34.7 Å². The van der Waals surface area contributed by atoms with Gasteiger partial charge in [-0.2, -0.15) is 16.8 Å². The van der Waals surface area contributed by atoms with E-state index in [-0.39, 0.29) is 19.8 Å². The fraction of sp³-hybridized carbons (Fsp3) is 1.00. The molecule has 0 aliphatic carbocycles. The molecule has 19 heavy (non-hydrogen) atoms. The molecule has 0 unspecified atom stereocenters. The molecular weight excluding hydrogens is 300 g/mol. The topological polar surface area (TPSA) is 105 Å². The Morgan fingerprint density at radius 1 is 1.05 bits per heavy atom. The number of hydrogen-bond acceptors (Lipinski definition) is 8. The summed E-state index contributed by atoms with van der Waals surface area (Å²) in [7, 11) is -5.76. The smallest absolute Gasteiger partial charge is 0.264 e. The van der Waals surface area contributed by atoms with Crippen LogP contribution < -0.4 is 0 Å².